The van der Waals surface area contributed by atoms with Crippen LogP contribution in [0.3, 0.4) is 0 Å². The number of anilines is 1. The fourth-order valence-electron chi connectivity index (χ4n) is 3.87. The minimum Gasteiger partial charge on any atom is -0.428 e. The summed E-state index contributed by atoms with van der Waals surface area (Å²) in [6, 6.07) is 2.52. The third-order valence-electron chi connectivity index (χ3n) is 5.69. The predicted molar refractivity (Wildman–Crippen MR) is 143 cm³/mol. The van der Waals surface area contributed by atoms with Gasteiger partial charge in [0.25, 0.3) is 11.8 Å². The van der Waals surface area contributed by atoms with Crippen molar-refractivity contribution in [2.45, 2.75) is 23.4 Å². The van der Waals surface area contributed by atoms with Crippen molar-refractivity contribution in [2.24, 2.45) is 5.16 Å². The topological polar surface area (TPSA) is 204 Å². The summed E-state index contributed by atoms with van der Waals surface area (Å²) < 4.78 is 11.5. The van der Waals surface area contributed by atoms with E-state index in [1.807, 2.05) is 0 Å². The van der Waals surface area contributed by atoms with E-state index < -0.39 is 47.7 Å². The summed E-state index contributed by atoms with van der Waals surface area (Å²) in [5, 5.41) is 20.7. The molecule has 2 aliphatic rings. The fourth-order valence-corrected chi connectivity index (χ4v) is 6.77. The zero-order valence-corrected chi connectivity index (χ0v) is 23.0. The van der Waals surface area contributed by atoms with Crippen LogP contribution in [0.4, 0.5) is 5.13 Å². The van der Waals surface area contributed by atoms with Gasteiger partial charge in [-0.2, -0.15) is 5.10 Å². The van der Waals surface area contributed by atoms with Crippen LogP contribution < -0.4 is 11.1 Å². The molecule has 5 heterocycles. The van der Waals surface area contributed by atoms with E-state index in [0.29, 0.717) is 27.8 Å². The summed E-state index contributed by atoms with van der Waals surface area (Å²) >= 11 is 3.75. The minimum absolute atomic E-state index is 0.00709. The van der Waals surface area contributed by atoms with E-state index in [2.05, 4.69) is 25.5 Å². The average Bonchev–Trinajstić information content (AvgIpc) is 3.58. The number of nitrogens with one attached hydrogen (secondary N) is 1. The number of thiazole rings is 1. The van der Waals surface area contributed by atoms with Gasteiger partial charge >= 0.3 is 11.9 Å². The van der Waals surface area contributed by atoms with E-state index in [0.717, 1.165) is 11.3 Å². The smallest absolute Gasteiger partial charge is 0.357 e. The van der Waals surface area contributed by atoms with Crippen LogP contribution in [0, 0.1) is 0 Å². The molecule has 0 bridgehead atoms. The molecular weight excluding hydrogens is 584 g/mol. The van der Waals surface area contributed by atoms with Crippen molar-refractivity contribution in [1.82, 2.24) is 29.8 Å². The Kier molecular flexibility index (Phi) is 7.90. The number of carbonyl (C=O) groups is 4. The molecule has 3 aromatic heterocycles. The van der Waals surface area contributed by atoms with E-state index in [9.17, 15) is 24.4 Å². The number of β-lactam (4-membered cyclic amide) rings is 1. The Balaban J connectivity index is 1.34. The second-order valence-electron chi connectivity index (χ2n) is 8.21. The van der Waals surface area contributed by atoms with Crippen LogP contribution in [0.15, 0.2) is 51.4 Å². The van der Waals surface area contributed by atoms with Gasteiger partial charge in [0.1, 0.15) is 27.8 Å². The number of ether oxygens (including phenoxy) is 2. The Morgan fingerprint density at radius 2 is 2.12 bits per heavy atom. The molecule has 0 aliphatic carbocycles. The van der Waals surface area contributed by atoms with Crippen LogP contribution in [-0.4, -0.2) is 88.9 Å². The number of aromatic nitrogens is 4. The van der Waals surface area contributed by atoms with Gasteiger partial charge in [-0.15, -0.1) is 34.9 Å². The molecule has 18 heteroatoms. The van der Waals surface area contributed by atoms with Crippen molar-refractivity contribution >= 4 is 75.1 Å². The minimum atomic E-state index is -1.01. The average molecular weight is 605 g/mol. The first-order valence-corrected chi connectivity index (χ1v) is 14.3. The standard InChI is InChI=1S/C22H20N8O7S3/c1-10(31)36-9-37-21(34)17-11(6-38-14-3-5-29-13(26-14)2-4-24-29)7-39-20-16(19(33)30(17)20)27-18(32)15(28-35)12-8-40-22(23)25-12/h2-5,8,16,20,35H,6-7,9H2,1H3,(H2,23,25)(H,27,32)/t16-,20-/m1/s1. The molecule has 0 aromatic carbocycles. The van der Waals surface area contributed by atoms with Gasteiger partial charge in [0.15, 0.2) is 16.5 Å². The van der Waals surface area contributed by atoms with Gasteiger partial charge in [-0.05, 0) is 11.6 Å². The summed E-state index contributed by atoms with van der Waals surface area (Å²) in [7, 11) is 0. The van der Waals surface area contributed by atoms with Gasteiger partial charge in [-0.3, -0.25) is 19.3 Å². The molecule has 1 saturated heterocycles. The number of thioether (sulfide) groups is 2. The Morgan fingerprint density at radius 3 is 2.85 bits per heavy atom. The Bertz CT molecular complexity index is 1570. The molecule has 0 saturated carbocycles. The molecule has 4 N–H and O–H groups in total. The van der Waals surface area contributed by atoms with Crippen LogP contribution in [0.5, 0.6) is 0 Å². The number of nitrogens with zero attached hydrogens (tertiary/aromatic N) is 6. The summed E-state index contributed by atoms with van der Waals surface area (Å²) in [4.78, 5) is 59.9. The zero-order chi connectivity index (χ0) is 28.4. The predicted octanol–water partition coefficient (Wildman–Crippen LogP) is 0.456. The first-order chi connectivity index (χ1) is 19.3. The molecule has 40 heavy (non-hydrogen) atoms. The Labute approximate surface area is 237 Å². The molecule has 15 nitrogen and oxygen atoms in total. The van der Waals surface area contributed by atoms with Gasteiger partial charge in [-0.1, -0.05) is 5.16 Å². The van der Waals surface area contributed by atoms with Crippen LogP contribution in [-0.2, 0) is 28.7 Å². The lowest BCUT2D eigenvalue weighted by Crippen LogP contribution is -2.71. The van der Waals surface area contributed by atoms with Gasteiger partial charge in [0.2, 0.25) is 6.79 Å². The summed E-state index contributed by atoms with van der Waals surface area (Å²) in [6.45, 7) is 0.549. The van der Waals surface area contributed by atoms with E-state index in [-0.39, 0.29) is 16.5 Å². The van der Waals surface area contributed by atoms with Crippen molar-refractivity contribution in [1.29, 1.82) is 0 Å². The second kappa shape index (κ2) is 11.5. The number of amides is 2. The highest BCUT2D eigenvalue weighted by Gasteiger charge is 2.54. The van der Waals surface area contributed by atoms with Crippen molar-refractivity contribution < 1.29 is 33.9 Å². The number of carbonyl (C=O) groups excluding carboxylic acids is 4. The van der Waals surface area contributed by atoms with Gasteiger partial charge in [0, 0.05) is 36.1 Å². The third kappa shape index (κ3) is 5.45. The number of nitrogens with two attached hydrogens (primary N) is 1. The van der Waals surface area contributed by atoms with Crippen LogP contribution in [0.2, 0.25) is 0 Å². The first-order valence-electron chi connectivity index (χ1n) is 11.4. The maximum absolute atomic E-state index is 13.2. The van der Waals surface area contributed by atoms with Crippen molar-refractivity contribution in [3.63, 3.8) is 0 Å². The van der Waals surface area contributed by atoms with Gasteiger partial charge in [-0.25, -0.2) is 19.3 Å². The normalized spacial score (nSPS) is 18.8. The van der Waals surface area contributed by atoms with E-state index in [1.165, 1.54) is 40.7 Å². The molecule has 208 valence electrons. The number of rotatable bonds is 9. The Hall–Kier alpha value is -4.16. The highest BCUT2D eigenvalue weighted by Crippen LogP contribution is 2.42. The lowest BCUT2D eigenvalue weighted by molar-refractivity contribution is -0.166. The van der Waals surface area contributed by atoms with E-state index in [1.54, 1.807) is 29.0 Å². The van der Waals surface area contributed by atoms with E-state index >= 15 is 0 Å². The number of nitrogen functional groups attached to an aromatic ring is 1. The molecule has 2 atom stereocenters. The summed E-state index contributed by atoms with van der Waals surface area (Å²) in [5.74, 6) is -2.25. The largest absolute Gasteiger partial charge is 0.428 e. The highest BCUT2D eigenvalue weighted by atomic mass is 32.2. The maximum atomic E-state index is 13.2. The number of oxime groups is 1. The molecule has 5 rings (SSSR count). The Morgan fingerprint density at radius 1 is 1.30 bits per heavy atom. The summed E-state index contributed by atoms with van der Waals surface area (Å²) in [5.41, 5.74) is 6.51. The number of fused-ring (bicyclic) bond motifs is 2. The molecular formula is C22H20N8O7S3. The lowest BCUT2D eigenvalue weighted by atomic mass is 10.0. The number of esters is 2. The number of hydrogen-bond acceptors (Lipinski definition) is 15. The molecule has 1 fully saturated rings. The van der Waals surface area contributed by atoms with Gasteiger partial charge in [0.05, 0.1) is 6.20 Å². The van der Waals surface area contributed by atoms with Gasteiger partial charge < -0.3 is 25.7 Å². The van der Waals surface area contributed by atoms with Crippen molar-refractivity contribution in [2.75, 3.05) is 24.0 Å². The molecule has 2 aliphatic heterocycles. The maximum Gasteiger partial charge on any atom is 0.357 e. The SMILES string of the molecule is CC(=O)OCOC(=O)C1=C(CSc2ccn3nccc3n2)CS[C@@H]2[C@H](NC(=O)C(=NO)c3csc(N)n3)C(=O)N12. The zero-order valence-electron chi connectivity index (χ0n) is 20.5. The van der Waals surface area contributed by atoms with E-state index in [4.69, 9.17) is 15.2 Å². The third-order valence-corrected chi connectivity index (χ3v) is 8.72. The van der Waals surface area contributed by atoms with Crippen LogP contribution in [0.1, 0.15) is 12.6 Å². The van der Waals surface area contributed by atoms with Crippen molar-refractivity contribution in [3.05, 3.63) is 46.9 Å². The van der Waals surface area contributed by atoms with Crippen LogP contribution in [0.25, 0.3) is 5.65 Å². The summed E-state index contributed by atoms with van der Waals surface area (Å²) in [6.07, 6.45) is 3.38. The lowest BCUT2D eigenvalue weighted by Gasteiger charge is -2.49. The monoisotopic (exact) mass is 604 g/mol. The molecule has 0 spiro atoms. The van der Waals surface area contributed by atoms with Crippen molar-refractivity contribution in [3.8, 4) is 0 Å². The molecule has 3 aromatic rings. The number of hydrogen-bond donors (Lipinski definition) is 3. The fraction of sp³-hybridized carbons (Fsp3) is 0.273. The highest BCUT2D eigenvalue weighted by molar-refractivity contribution is 8.01. The second-order valence-corrected chi connectivity index (χ2v) is 11.2. The molecule has 0 unspecified atom stereocenters. The quantitative estimate of drug-likeness (QED) is 0.0444. The molecule has 0 radical (unpaired) electrons. The van der Waals surface area contributed by atoms with Crippen LogP contribution >= 0.6 is 34.9 Å². The molecule has 2 amide bonds. The first kappa shape index (κ1) is 27.4.